The highest BCUT2D eigenvalue weighted by Crippen LogP contribution is 2.37. The van der Waals surface area contributed by atoms with Crippen molar-refractivity contribution in [3.63, 3.8) is 0 Å². The summed E-state index contributed by atoms with van der Waals surface area (Å²) in [5.41, 5.74) is -1.25. The number of carbonyl (C=O) groups excluding carboxylic acids is 1. The summed E-state index contributed by atoms with van der Waals surface area (Å²) in [6.45, 7) is 2.46. The molecular formula is C21H27F4N3O8. The van der Waals surface area contributed by atoms with Crippen molar-refractivity contribution < 1.29 is 55.9 Å². The van der Waals surface area contributed by atoms with Crippen molar-refractivity contribution in [1.29, 1.82) is 0 Å². The van der Waals surface area contributed by atoms with E-state index in [2.05, 4.69) is 15.6 Å². The number of rotatable bonds is 11. The van der Waals surface area contributed by atoms with Crippen molar-refractivity contribution in [2.24, 2.45) is 0 Å². The summed E-state index contributed by atoms with van der Waals surface area (Å²) in [4.78, 5) is 25.7. The first-order valence-corrected chi connectivity index (χ1v) is 11.0. The summed E-state index contributed by atoms with van der Waals surface area (Å²) in [5.74, 6) is -4.22. The predicted molar refractivity (Wildman–Crippen MR) is 112 cm³/mol. The van der Waals surface area contributed by atoms with Gasteiger partial charge in [-0.25, -0.2) is 14.2 Å². The lowest BCUT2D eigenvalue weighted by molar-refractivity contribution is -0.154. The van der Waals surface area contributed by atoms with Crippen molar-refractivity contribution in [3.8, 4) is 0 Å². The summed E-state index contributed by atoms with van der Waals surface area (Å²) in [5, 5.41) is 13.7. The normalized spacial score (nSPS) is 25.3. The SMILES string of the molecule is CC1(C)O[C@@H]2[C@H](O1)[C@@H](Nc1nc(C(F)(F)F)ccc1F)CO[C@@H]2CNC(=O)COCCOCC(=O)O. The zero-order valence-corrected chi connectivity index (χ0v) is 19.5. The summed E-state index contributed by atoms with van der Waals surface area (Å²) in [6, 6.07) is 0.432. The molecule has 2 aliphatic rings. The molecule has 3 heterocycles. The van der Waals surface area contributed by atoms with Gasteiger partial charge in [0.25, 0.3) is 0 Å². The number of carbonyl (C=O) groups is 2. The van der Waals surface area contributed by atoms with E-state index in [4.69, 9.17) is 28.8 Å². The standard InChI is InChI=1S/C21H27F4N3O8/c1-20(2)35-17-12(27-19-11(22)3-4-14(28-19)21(23,24)25)8-34-13(18(17)36-20)7-26-15(29)9-32-5-6-33-10-16(30)31/h3-4,12-13,17-18H,5-10H2,1-2H3,(H,26,29)(H,27,28)(H,30,31)/t12-,13+,17+,18-/m0/s1. The number of fused-ring (bicyclic) bond motifs is 1. The van der Waals surface area contributed by atoms with Gasteiger partial charge >= 0.3 is 12.1 Å². The molecule has 36 heavy (non-hydrogen) atoms. The van der Waals surface area contributed by atoms with E-state index in [9.17, 15) is 27.2 Å². The van der Waals surface area contributed by atoms with Crippen LogP contribution >= 0.6 is 0 Å². The van der Waals surface area contributed by atoms with Gasteiger partial charge in [0.2, 0.25) is 5.91 Å². The van der Waals surface area contributed by atoms with Gasteiger partial charge in [0.05, 0.1) is 25.9 Å². The highest BCUT2D eigenvalue weighted by molar-refractivity contribution is 5.77. The van der Waals surface area contributed by atoms with Gasteiger partial charge in [-0.2, -0.15) is 13.2 Å². The second kappa shape index (κ2) is 11.6. The van der Waals surface area contributed by atoms with Crippen molar-refractivity contribution in [2.45, 2.75) is 50.2 Å². The Morgan fingerprint density at radius 3 is 2.50 bits per heavy atom. The Labute approximate surface area is 203 Å². The number of hydrogen-bond donors (Lipinski definition) is 3. The van der Waals surface area contributed by atoms with E-state index in [0.29, 0.717) is 12.1 Å². The molecule has 1 aromatic heterocycles. The van der Waals surface area contributed by atoms with Gasteiger partial charge in [-0.05, 0) is 26.0 Å². The third kappa shape index (κ3) is 7.70. The topological polar surface area (TPSA) is 137 Å². The maximum absolute atomic E-state index is 14.2. The van der Waals surface area contributed by atoms with E-state index in [-0.39, 0.29) is 33.0 Å². The molecule has 2 fully saturated rings. The number of aromatic nitrogens is 1. The van der Waals surface area contributed by atoms with Gasteiger partial charge in [-0.3, -0.25) is 4.79 Å². The third-order valence-electron chi connectivity index (χ3n) is 5.21. The fourth-order valence-corrected chi connectivity index (χ4v) is 3.72. The van der Waals surface area contributed by atoms with Crippen LogP contribution in [0.1, 0.15) is 19.5 Å². The molecule has 4 atom stereocenters. The van der Waals surface area contributed by atoms with E-state index in [1.165, 1.54) is 0 Å². The number of nitrogens with zero attached hydrogens (tertiary/aromatic N) is 1. The van der Waals surface area contributed by atoms with Crippen LogP contribution in [0.15, 0.2) is 12.1 Å². The lowest BCUT2D eigenvalue weighted by Crippen LogP contribution is -2.57. The Balaban J connectivity index is 1.55. The molecule has 2 aliphatic heterocycles. The zero-order chi connectivity index (χ0) is 26.5. The van der Waals surface area contributed by atoms with Crippen LogP contribution in [0.4, 0.5) is 23.4 Å². The van der Waals surface area contributed by atoms with Crippen molar-refractivity contribution in [2.75, 3.05) is 44.9 Å². The van der Waals surface area contributed by atoms with E-state index < -0.39 is 72.1 Å². The molecule has 0 bridgehead atoms. The number of halogens is 4. The summed E-state index contributed by atoms with van der Waals surface area (Å²) >= 11 is 0. The second-order valence-electron chi connectivity index (χ2n) is 8.52. The van der Waals surface area contributed by atoms with Crippen LogP contribution in [0.5, 0.6) is 0 Å². The molecule has 0 aromatic carbocycles. The molecule has 3 N–H and O–H groups in total. The molecule has 202 valence electrons. The molecule has 2 saturated heterocycles. The molecule has 0 spiro atoms. The van der Waals surface area contributed by atoms with Crippen molar-refractivity contribution in [3.05, 3.63) is 23.6 Å². The number of anilines is 1. The van der Waals surface area contributed by atoms with Crippen LogP contribution in [-0.2, 0) is 39.4 Å². The smallest absolute Gasteiger partial charge is 0.433 e. The first-order valence-electron chi connectivity index (χ1n) is 11.0. The van der Waals surface area contributed by atoms with Crippen LogP contribution in [0.3, 0.4) is 0 Å². The largest absolute Gasteiger partial charge is 0.480 e. The molecule has 1 aromatic rings. The monoisotopic (exact) mass is 525 g/mol. The Kier molecular flexibility index (Phi) is 9.05. The number of pyridine rings is 1. The highest BCUT2D eigenvalue weighted by Gasteiger charge is 2.52. The molecule has 0 aliphatic carbocycles. The fraction of sp³-hybridized carbons (Fsp3) is 0.667. The lowest BCUT2D eigenvalue weighted by Gasteiger charge is -2.37. The number of carboxylic acids is 1. The number of nitrogens with one attached hydrogen (secondary N) is 2. The van der Waals surface area contributed by atoms with Gasteiger partial charge in [0, 0.05) is 6.54 Å². The minimum atomic E-state index is -4.75. The summed E-state index contributed by atoms with van der Waals surface area (Å²) in [7, 11) is 0. The number of carboxylic acid groups (broad SMARTS) is 1. The van der Waals surface area contributed by atoms with Crippen molar-refractivity contribution in [1.82, 2.24) is 10.3 Å². The van der Waals surface area contributed by atoms with Gasteiger partial charge in [-0.1, -0.05) is 0 Å². The predicted octanol–water partition coefficient (Wildman–Crippen LogP) is 1.17. The molecule has 0 unspecified atom stereocenters. The summed E-state index contributed by atoms with van der Waals surface area (Å²) in [6.07, 6.45) is -6.89. The summed E-state index contributed by atoms with van der Waals surface area (Å²) < 4.78 is 80.7. The minimum absolute atomic E-state index is 0.00501. The third-order valence-corrected chi connectivity index (χ3v) is 5.21. The Hall–Kier alpha value is -2.59. The van der Waals surface area contributed by atoms with Crippen LogP contribution < -0.4 is 10.6 Å². The highest BCUT2D eigenvalue weighted by atomic mass is 19.4. The maximum atomic E-state index is 14.2. The van der Waals surface area contributed by atoms with E-state index in [0.717, 1.165) is 0 Å². The molecule has 3 rings (SSSR count). The fourth-order valence-electron chi connectivity index (χ4n) is 3.72. The Morgan fingerprint density at radius 2 is 1.83 bits per heavy atom. The molecule has 0 radical (unpaired) electrons. The molecular weight excluding hydrogens is 498 g/mol. The number of ether oxygens (including phenoxy) is 5. The first kappa shape index (κ1) is 28.0. The second-order valence-corrected chi connectivity index (χ2v) is 8.52. The lowest BCUT2D eigenvalue weighted by atomic mass is 9.98. The van der Waals surface area contributed by atoms with E-state index in [1.807, 2.05) is 0 Å². The number of alkyl halides is 3. The molecule has 1 amide bonds. The Morgan fingerprint density at radius 1 is 1.17 bits per heavy atom. The maximum Gasteiger partial charge on any atom is 0.433 e. The molecule has 15 heteroatoms. The van der Waals surface area contributed by atoms with Gasteiger partial charge < -0.3 is 39.4 Å². The van der Waals surface area contributed by atoms with Gasteiger partial charge in [-0.15, -0.1) is 0 Å². The first-order chi connectivity index (χ1) is 16.9. The van der Waals surface area contributed by atoms with Crippen LogP contribution in [0, 0.1) is 5.82 Å². The van der Waals surface area contributed by atoms with Crippen molar-refractivity contribution >= 4 is 17.7 Å². The van der Waals surface area contributed by atoms with Gasteiger partial charge in [0.1, 0.15) is 37.2 Å². The van der Waals surface area contributed by atoms with Crippen LogP contribution in [0.2, 0.25) is 0 Å². The van der Waals surface area contributed by atoms with E-state index >= 15 is 0 Å². The zero-order valence-electron chi connectivity index (χ0n) is 19.5. The van der Waals surface area contributed by atoms with Gasteiger partial charge in [0.15, 0.2) is 17.4 Å². The molecule has 0 saturated carbocycles. The average molecular weight is 525 g/mol. The number of amides is 1. The average Bonchev–Trinajstić information content (AvgIpc) is 3.11. The quantitative estimate of drug-likeness (QED) is 0.285. The van der Waals surface area contributed by atoms with Crippen LogP contribution in [-0.4, -0.2) is 91.7 Å². The Bertz CT molecular complexity index is 933. The number of aliphatic carboxylic acids is 1. The minimum Gasteiger partial charge on any atom is -0.480 e. The number of hydrogen-bond acceptors (Lipinski definition) is 9. The molecule has 11 nitrogen and oxygen atoms in total. The van der Waals surface area contributed by atoms with Crippen LogP contribution in [0.25, 0.3) is 0 Å². The van der Waals surface area contributed by atoms with E-state index in [1.54, 1.807) is 13.8 Å².